The van der Waals surface area contributed by atoms with Crippen molar-refractivity contribution in [3.63, 3.8) is 0 Å². The number of anilines is 2. The monoisotopic (exact) mass is 682 g/mol. The van der Waals surface area contributed by atoms with Crippen LogP contribution in [0.2, 0.25) is 18.6 Å². The molecule has 6 atom stereocenters. The van der Waals surface area contributed by atoms with Crippen LogP contribution in [0.1, 0.15) is 50.7 Å². The smallest absolute Gasteiger partial charge is 0.304 e. The zero-order valence-electron chi connectivity index (χ0n) is 27.3. The average molecular weight is 683 g/mol. The highest BCUT2D eigenvalue weighted by Crippen LogP contribution is 2.60. The molecule has 6 rings (SSSR count). The first-order valence-corrected chi connectivity index (χ1v) is 19.1. The number of aliphatic hydroxyl groups is 1. The summed E-state index contributed by atoms with van der Waals surface area (Å²) in [6.07, 6.45) is -0.472. The molecular formula is C33H39FN4O9Si. The molecule has 1 N–H and O–H groups in total. The van der Waals surface area contributed by atoms with Crippen LogP contribution in [0.3, 0.4) is 0 Å². The first-order valence-electron chi connectivity index (χ1n) is 16.1. The molecule has 0 radical (unpaired) electrons. The summed E-state index contributed by atoms with van der Waals surface area (Å²) in [5.41, 5.74) is -1.16. The van der Waals surface area contributed by atoms with E-state index in [9.17, 15) is 34.4 Å². The van der Waals surface area contributed by atoms with Crippen LogP contribution >= 0.6 is 0 Å². The molecular weight excluding hydrogens is 643 g/mol. The minimum Gasteiger partial charge on any atom is -0.441 e. The minimum absolute atomic E-state index is 0.00769. The Morgan fingerprint density at radius 2 is 1.96 bits per heavy atom. The number of likely N-dealkylation sites (tertiary alicyclic amines) is 1. The number of nitro groups is 1. The molecule has 4 aliphatic heterocycles. The van der Waals surface area contributed by atoms with Crippen molar-refractivity contribution in [3.8, 4) is 0 Å². The van der Waals surface area contributed by atoms with Crippen LogP contribution in [0.4, 0.5) is 21.2 Å². The Labute approximate surface area is 277 Å². The second-order valence-electron chi connectivity index (χ2n) is 13.6. The van der Waals surface area contributed by atoms with E-state index in [1.807, 2.05) is 0 Å². The number of rotatable bonds is 9. The molecule has 3 saturated heterocycles. The van der Waals surface area contributed by atoms with E-state index >= 15 is 4.11 Å². The fourth-order valence-electron chi connectivity index (χ4n) is 8.12. The van der Waals surface area contributed by atoms with E-state index in [2.05, 4.69) is 0 Å². The van der Waals surface area contributed by atoms with Gasteiger partial charge in [0.2, 0.25) is 20.2 Å². The fraction of sp³-hybridized carbons (Fsp3) is 0.515. The highest BCUT2D eigenvalue weighted by atomic mass is 28.4. The van der Waals surface area contributed by atoms with Crippen LogP contribution in [-0.4, -0.2) is 78.6 Å². The zero-order valence-corrected chi connectivity index (χ0v) is 28.3. The molecule has 1 spiro atoms. The molecule has 0 aromatic heterocycles. The van der Waals surface area contributed by atoms with E-state index in [4.69, 9.17) is 9.47 Å². The Morgan fingerprint density at radius 3 is 2.60 bits per heavy atom. The molecule has 256 valence electrons. The number of halogens is 1. The normalized spacial score (nSPS) is 28.2. The lowest BCUT2D eigenvalue weighted by molar-refractivity contribution is -0.385. The summed E-state index contributed by atoms with van der Waals surface area (Å²) in [5, 5.41) is 21.7. The van der Waals surface area contributed by atoms with Crippen molar-refractivity contribution in [1.29, 1.82) is 0 Å². The SMILES string of the molecule is CC(=O)OC1CC(=O)N1c1cccc(CN2C(=O)[C@@]3(O[C@@H](CC(=O)N4CCC[C@H]4CO)[C@H]([Si](C)(C)F)[C@H]3C)c3cc([N+](=O)[O-])ccc32)c1. The van der Waals surface area contributed by atoms with Gasteiger partial charge in [0.25, 0.3) is 11.6 Å². The Morgan fingerprint density at radius 1 is 1.21 bits per heavy atom. The summed E-state index contributed by atoms with van der Waals surface area (Å²) in [7, 11) is -3.62. The van der Waals surface area contributed by atoms with Gasteiger partial charge >= 0.3 is 5.97 Å². The second kappa shape index (κ2) is 12.3. The maximum Gasteiger partial charge on any atom is 0.304 e. The third-order valence-electron chi connectivity index (χ3n) is 10.2. The molecule has 2 aromatic rings. The molecule has 1 unspecified atom stereocenters. The standard InChI is InChI=1S/C33H39FN4O9Si/c1-19-31(48(3,4)34)27(15-28(41)35-12-6-9-24(35)18-39)47-33(19)25-14-23(38(44)45)10-11-26(25)36(32(33)43)17-21-7-5-8-22(13-21)37-29(42)16-30(37)46-20(2)40/h5,7-8,10-11,13-14,19,24,27,30-31,39H,6,9,12,15-18H2,1-4H3/t19-,24+,27+,30?,31-,33+/m1/s1. The van der Waals surface area contributed by atoms with Crippen LogP contribution < -0.4 is 9.80 Å². The van der Waals surface area contributed by atoms with Gasteiger partial charge in [-0.1, -0.05) is 19.1 Å². The number of nitro benzene ring substituents is 1. The van der Waals surface area contributed by atoms with E-state index in [0.717, 1.165) is 6.42 Å². The van der Waals surface area contributed by atoms with Crippen molar-refractivity contribution in [2.24, 2.45) is 5.92 Å². The third-order valence-corrected chi connectivity index (χ3v) is 12.6. The molecule has 48 heavy (non-hydrogen) atoms. The minimum atomic E-state index is -3.62. The molecule has 0 aliphatic carbocycles. The third kappa shape index (κ3) is 5.56. The van der Waals surface area contributed by atoms with E-state index in [0.29, 0.717) is 29.9 Å². The first kappa shape index (κ1) is 33.7. The molecule has 2 aromatic carbocycles. The van der Waals surface area contributed by atoms with Crippen molar-refractivity contribution in [2.75, 3.05) is 23.0 Å². The molecule has 4 aliphatic rings. The summed E-state index contributed by atoms with van der Waals surface area (Å²) in [4.78, 5) is 68.0. The fourth-order valence-corrected chi connectivity index (χ4v) is 10.6. The summed E-state index contributed by atoms with van der Waals surface area (Å²) < 4.78 is 28.1. The quantitative estimate of drug-likeness (QED) is 0.103. The number of esters is 1. The predicted octanol–water partition coefficient (Wildman–Crippen LogP) is 3.92. The van der Waals surface area contributed by atoms with Gasteiger partial charge in [0.15, 0.2) is 11.8 Å². The topological polar surface area (TPSA) is 160 Å². The van der Waals surface area contributed by atoms with Crippen LogP contribution in [-0.2, 0) is 40.8 Å². The Hall–Kier alpha value is -4.21. The van der Waals surface area contributed by atoms with Gasteiger partial charge in [0, 0.05) is 48.3 Å². The number of ether oxygens (including phenoxy) is 2. The van der Waals surface area contributed by atoms with Crippen LogP contribution in [0.5, 0.6) is 0 Å². The van der Waals surface area contributed by atoms with E-state index < -0.39 is 54.6 Å². The lowest BCUT2D eigenvalue weighted by Crippen LogP contribution is -2.54. The van der Waals surface area contributed by atoms with E-state index in [1.54, 1.807) is 36.1 Å². The number of hydrogen-bond acceptors (Lipinski definition) is 9. The molecule has 4 heterocycles. The largest absolute Gasteiger partial charge is 0.441 e. The number of benzene rings is 2. The number of fused-ring (bicyclic) bond motifs is 2. The number of amides is 3. The number of aliphatic hydroxyl groups excluding tert-OH is 1. The summed E-state index contributed by atoms with van der Waals surface area (Å²) >= 11 is 0. The Balaban J connectivity index is 1.37. The van der Waals surface area contributed by atoms with Crippen molar-refractivity contribution < 1.29 is 42.8 Å². The van der Waals surface area contributed by atoms with Gasteiger partial charge in [-0.15, -0.1) is 0 Å². The van der Waals surface area contributed by atoms with Gasteiger partial charge in [-0.3, -0.25) is 34.2 Å². The first-order chi connectivity index (χ1) is 22.7. The molecule has 15 heteroatoms. The van der Waals surface area contributed by atoms with Gasteiger partial charge in [0.05, 0.1) is 48.7 Å². The van der Waals surface area contributed by atoms with Gasteiger partial charge in [-0.05, 0) is 49.7 Å². The van der Waals surface area contributed by atoms with E-state index in [-0.39, 0.29) is 55.1 Å². The van der Waals surface area contributed by atoms with E-state index in [1.165, 1.54) is 48.0 Å². The lowest BCUT2D eigenvalue weighted by Gasteiger charge is -2.39. The van der Waals surface area contributed by atoms with Crippen LogP contribution in [0.25, 0.3) is 0 Å². The van der Waals surface area contributed by atoms with Gasteiger partial charge in [-0.25, -0.2) is 0 Å². The maximum atomic E-state index is 16.3. The highest BCUT2D eigenvalue weighted by molar-refractivity contribution is 6.72. The second-order valence-corrected chi connectivity index (χ2v) is 17.4. The van der Waals surface area contributed by atoms with Crippen molar-refractivity contribution >= 4 is 49.2 Å². The van der Waals surface area contributed by atoms with Gasteiger partial charge in [-0.2, -0.15) is 0 Å². The van der Waals surface area contributed by atoms with Crippen molar-refractivity contribution in [2.45, 2.75) is 88.7 Å². The zero-order chi connectivity index (χ0) is 34.7. The molecule has 13 nitrogen and oxygen atoms in total. The lowest BCUT2D eigenvalue weighted by atomic mass is 9.82. The summed E-state index contributed by atoms with van der Waals surface area (Å²) in [6.45, 7) is 6.26. The maximum absolute atomic E-state index is 16.3. The molecule has 0 saturated carbocycles. The van der Waals surface area contributed by atoms with Crippen LogP contribution in [0.15, 0.2) is 42.5 Å². The Bertz CT molecular complexity index is 1680. The summed E-state index contributed by atoms with van der Waals surface area (Å²) in [5.74, 6) is -2.35. The summed E-state index contributed by atoms with van der Waals surface area (Å²) in [6, 6.07) is 10.6. The van der Waals surface area contributed by atoms with Crippen LogP contribution in [0, 0.1) is 16.0 Å². The molecule has 0 bridgehead atoms. The van der Waals surface area contributed by atoms with Gasteiger partial charge < -0.3 is 28.5 Å². The van der Waals surface area contributed by atoms with Crippen molar-refractivity contribution in [1.82, 2.24) is 4.90 Å². The molecule has 3 amide bonds. The molecule has 3 fully saturated rings. The number of nitrogens with zero attached hydrogens (tertiary/aromatic N) is 4. The number of non-ortho nitro benzene ring substituents is 1. The highest BCUT2D eigenvalue weighted by Gasteiger charge is 2.67. The predicted molar refractivity (Wildman–Crippen MR) is 173 cm³/mol. The number of β-lactam (4-membered cyclic amide) rings is 1. The van der Waals surface area contributed by atoms with Crippen molar-refractivity contribution in [3.05, 3.63) is 63.7 Å². The number of hydrogen-bond donors (Lipinski definition) is 1. The average Bonchev–Trinajstić information content (AvgIpc) is 3.67. The van der Waals surface area contributed by atoms with Gasteiger partial charge in [0.1, 0.15) is 0 Å². The Kier molecular flexibility index (Phi) is 8.66. The number of carbonyl (C=O) groups excluding carboxylic acids is 4. The number of carbonyl (C=O) groups is 4.